The topological polar surface area (TPSA) is 32.6 Å². The van der Waals surface area contributed by atoms with Crippen molar-refractivity contribution in [2.24, 2.45) is 5.16 Å². The Bertz CT molecular complexity index is 486. The molecule has 0 saturated carbocycles. The fourth-order valence-electron chi connectivity index (χ4n) is 2.37. The number of oxime groups is 1. The maximum atomic E-state index is 9.38. The van der Waals surface area contributed by atoms with Crippen molar-refractivity contribution >= 4 is 5.71 Å². The normalized spacial score (nSPS) is 13.6. The molecule has 0 heterocycles. The lowest BCUT2D eigenvalue weighted by molar-refractivity contribution is 0.314. The van der Waals surface area contributed by atoms with Crippen LogP contribution in [0.4, 0.5) is 0 Å². The van der Waals surface area contributed by atoms with Crippen molar-refractivity contribution in [3.8, 4) is 0 Å². The van der Waals surface area contributed by atoms with E-state index < -0.39 is 0 Å². The molecule has 0 spiro atoms. The number of hydrogen-bond acceptors (Lipinski definition) is 2. The summed E-state index contributed by atoms with van der Waals surface area (Å²) in [5, 5.41) is 12.9. The monoisotopic (exact) mass is 253 g/mol. The Balaban J connectivity index is 2.26. The Hall–Kier alpha value is -2.09. The quantitative estimate of drug-likeness (QED) is 0.488. The number of benzene rings is 2. The van der Waals surface area contributed by atoms with Crippen molar-refractivity contribution in [1.82, 2.24) is 0 Å². The fourth-order valence-corrected chi connectivity index (χ4v) is 2.37. The summed E-state index contributed by atoms with van der Waals surface area (Å²) in [6.45, 7) is 4.15. The van der Waals surface area contributed by atoms with Gasteiger partial charge in [-0.05, 0) is 11.1 Å². The van der Waals surface area contributed by atoms with E-state index in [9.17, 15) is 5.21 Å². The zero-order chi connectivity index (χ0) is 13.7. The summed E-state index contributed by atoms with van der Waals surface area (Å²) in [6, 6.07) is 20.3. The van der Waals surface area contributed by atoms with Crippen LogP contribution in [0.3, 0.4) is 0 Å². The van der Waals surface area contributed by atoms with Gasteiger partial charge < -0.3 is 5.21 Å². The van der Waals surface area contributed by atoms with E-state index in [2.05, 4.69) is 43.3 Å². The molecule has 2 aromatic rings. The molecule has 0 radical (unpaired) electrons. The number of rotatable bonds is 4. The maximum absolute atomic E-state index is 9.38. The maximum Gasteiger partial charge on any atom is 0.0714 e. The molecule has 0 amide bonds. The SMILES string of the molecule is CC(C(=NO)C(C)c1ccccc1)c1ccccc1. The van der Waals surface area contributed by atoms with Gasteiger partial charge in [0.1, 0.15) is 0 Å². The van der Waals surface area contributed by atoms with E-state index in [4.69, 9.17) is 0 Å². The fraction of sp³-hybridized carbons (Fsp3) is 0.235. The first-order valence-corrected chi connectivity index (χ1v) is 6.55. The van der Waals surface area contributed by atoms with Crippen LogP contribution in [0.15, 0.2) is 65.8 Å². The Morgan fingerprint density at radius 2 is 1.16 bits per heavy atom. The van der Waals surface area contributed by atoms with Crippen LogP contribution in [-0.4, -0.2) is 10.9 Å². The first-order valence-electron chi connectivity index (χ1n) is 6.55. The smallest absolute Gasteiger partial charge is 0.0714 e. The van der Waals surface area contributed by atoms with E-state index in [1.807, 2.05) is 36.4 Å². The third-order valence-electron chi connectivity index (χ3n) is 3.60. The van der Waals surface area contributed by atoms with Gasteiger partial charge in [0.05, 0.1) is 5.71 Å². The highest BCUT2D eigenvalue weighted by atomic mass is 16.4. The van der Waals surface area contributed by atoms with Crippen molar-refractivity contribution in [3.63, 3.8) is 0 Å². The summed E-state index contributed by atoms with van der Waals surface area (Å²) in [5.41, 5.74) is 3.12. The van der Waals surface area contributed by atoms with Crippen LogP contribution in [0.5, 0.6) is 0 Å². The zero-order valence-corrected chi connectivity index (χ0v) is 11.3. The summed E-state index contributed by atoms with van der Waals surface area (Å²) >= 11 is 0. The van der Waals surface area contributed by atoms with Gasteiger partial charge in [-0.1, -0.05) is 79.7 Å². The third kappa shape index (κ3) is 3.02. The van der Waals surface area contributed by atoms with Crippen molar-refractivity contribution in [2.75, 3.05) is 0 Å². The summed E-state index contributed by atoms with van der Waals surface area (Å²) < 4.78 is 0. The zero-order valence-electron chi connectivity index (χ0n) is 11.3. The highest BCUT2D eigenvalue weighted by molar-refractivity contribution is 5.95. The summed E-state index contributed by atoms with van der Waals surface area (Å²) in [6.07, 6.45) is 0. The second kappa shape index (κ2) is 6.19. The van der Waals surface area contributed by atoms with Crippen LogP contribution in [0.1, 0.15) is 36.8 Å². The molecule has 2 atom stereocenters. The molecule has 0 saturated heterocycles. The lowest BCUT2D eigenvalue weighted by atomic mass is 9.85. The van der Waals surface area contributed by atoms with E-state index in [-0.39, 0.29) is 11.8 Å². The third-order valence-corrected chi connectivity index (χ3v) is 3.60. The van der Waals surface area contributed by atoms with Crippen LogP contribution in [0.25, 0.3) is 0 Å². The average molecular weight is 253 g/mol. The molecular weight excluding hydrogens is 234 g/mol. The van der Waals surface area contributed by atoms with E-state index in [0.717, 1.165) is 16.8 Å². The molecule has 0 bridgehead atoms. The standard InChI is InChI=1S/C17H19NO/c1-13(15-9-5-3-6-10-15)17(18-19)14(2)16-11-7-4-8-12-16/h3-14,19H,1-2H3. The molecule has 0 aromatic heterocycles. The van der Waals surface area contributed by atoms with E-state index in [0.29, 0.717) is 0 Å². The van der Waals surface area contributed by atoms with Gasteiger partial charge in [-0.2, -0.15) is 0 Å². The summed E-state index contributed by atoms with van der Waals surface area (Å²) in [5.74, 6) is 0.197. The first-order chi connectivity index (χ1) is 9.24. The van der Waals surface area contributed by atoms with Crippen molar-refractivity contribution in [1.29, 1.82) is 0 Å². The van der Waals surface area contributed by atoms with Gasteiger partial charge in [0.25, 0.3) is 0 Å². The van der Waals surface area contributed by atoms with Gasteiger partial charge >= 0.3 is 0 Å². The van der Waals surface area contributed by atoms with Crippen LogP contribution in [0, 0.1) is 0 Å². The minimum atomic E-state index is 0.0985. The average Bonchev–Trinajstić information content (AvgIpc) is 2.49. The number of nitrogens with zero attached hydrogens (tertiary/aromatic N) is 1. The van der Waals surface area contributed by atoms with Gasteiger partial charge in [0, 0.05) is 11.8 Å². The van der Waals surface area contributed by atoms with Gasteiger partial charge in [0.2, 0.25) is 0 Å². The minimum Gasteiger partial charge on any atom is -0.411 e. The summed E-state index contributed by atoms with van der Waals surface area (Å²) in [4.78, 5) is 0. The molecule has 2 aromatic carbocycles. The van der Waals surface area contributed by atoms with Crippen LogP contribution >= 0.6 is 0 Å². The molecule has 0 fully saturated rings. The highest BCUT2D eigenvalue weighted by Gasteiger charge is 2.21. The minimum absolute atomic E-state index is 0.0985. The molecule has 0 aliphatic heterocycles. The van der Waals surface area contributed by atoms with E-state index >= 15 is 0 Å². The molecule has 19 heavy (non-hydrogen) atoms. The van der Waals surface area contributed by atoms with E-state index in [1.54, 1.807) is 0 Å². The Kier molecular flexibility index (Phi) is 4.35. The molecule has 2 unspecified atom stereocenters. The molecule has 2 nitrogen and oxygen atoms in total. The van der Waals surface area contributed by atoms with Crippen molar-refractivity contribution < 1.29 is 5.21 Å². The Morgan fingerprint density at radius 3 is 1.47 bits per heavy atom. The van der Waals surface area contributed by atoms with E-state index in [1.165, 1.54) is 0 Å². The first kappa shape index (κ1) is 13.3. The predicted octanol–water partition coefficient (Wildman–Crippen LogP) is 4.42. The lowest BCUT2D eigenvalue weighted by Crippen LogP contribution is -2.17. The predicted molar refractivity (Wildman–Crippen MR) is 78.9 cm³/mol. The Labute approximate surface area is 114 Å². The van der Waals surface area contributed by atoms with Gasteiger partial charge in [-0.25, -0.2) is 0 Å². The second-order valence-electron chi connectivity index (χ2n) is 4.79. The van der Waals surface area contributed by atoms with Crippen molar-refractivity contribution in [3.05, 3.63) is 71.8 Å². The lowest BCUT2D eigenvalue weighted by Gasteiger charge is -2.20. The van der Waals surface area contributed by atoms with Gasteiger partial charge in [-0.15, -0.1) is 0 Å². The largest absolute Gasteiger partial charge is 0.411 e. The molecule has 2 rings (SSSR count). The molecule has 0 aliphatic carbocycles. The summed E-state index contributed by atoms with van der Waals surface area (Å²) in [7, 11) is 0. The number of hydrogen-bond donors (Lipinski definition) is 1. The second-order valence-corrected chi connectivity index (χ2v) is 4.79. The molecule has 98 valence electrons. The molecule has 2 heteroatoms. The van der Waals surface area contributed by atoms with Gasteiger partial charge in [0.15, 0.2) is 0 Å². The van der Waals surface area contributed by atoms with Crippen LogP contribution < -0.4 is 0 Å². The van der Waals surface area contributed by atoms with Gasteiger partial charge in [-0.3, -0.25) is 0 Å². The van der Waals surface area contributed by atoms with Crippen molar-refractivity contribution in [2.45, 2.75) is 25.7 Å². The van der Waals surface area contributed by atoms with Crippen LogP contribution in [-0.2, 0) is 0 Å². The molecule has 0 aliphatic rings. The van der Waals surface area contributed by atoms with Crippen LogP contribution in [0.2, 0.25) is 0 Å². The molecule has 1 N–H and O–H groups in total. The highest BCUT2D eigenvalue weighted by Crippen LogP contribution is 2.26. The Morgan fingerprint density at radius 1 is 0.789 bits per heavy atom. The molecular formula is C17H19NO.